The number of nitrogens with one attached hydrogen (secondary N) is 1. The molecule has 1 aliphatic rings. The number of aromatic amines is 1. The number of fused-ring (bicyclic) bond motifs is 1. The molecule has 0 unspecified atom stereocenters. The number of likely N-dealkylation sites (N-methyl/N-ethyl adjacent to an activating group) is 1. The maximum atomic E-state index is 13.3. The third kappa shape index (κ3) is 3.80. The number of nitrogens with zero attached hydrogens (tertiary/aromatic N) is 2. The van der Waals surface area contributed by atoms with E-state index in [1.807, 2.05) is 30.5 Å². The van der Waals surface area contributed by atoms with Gasteiger partial charge in [-0.2, -0.15) is 0 Å². The highest BCUT2D eigenvalue weighted by Gasteiger charge is 2.40. The summed E-state index contributed by atoms with van der Waals surface area (Å²) in [6.07, 6.45) is 2.47. The molecule has 4 rings (SSSR count). The first-order chi connectivity index (χ1) is 15.0. The zero-order chi connectivity index (χ0) is 22.0. The van der Waals surface area contributed by atoms with E-state index in [9.17, 15) is 14.7 Å². The van der Waals surface area contributed by atoms with Gasteiger partial charge in [-0.1, -0.05) is 30.3 Å². The quantitative estimate of drug-likeness (QED) is 0.548. The van der Waals surface area contributed by atoms with Crippen molar-refractivity contribution in [1.82, 2.24) is 14.8 Å². The number of aromatic nitrogens is 1. The van der Waals surface area contributed by atoms with Gasteiger partial charge in [0.15, 0.2) is 0 Å². The summed E-state index contributed by atoms with van der Waals surface area (Å²) in [4.78, 5) is 32.8. The predicted molar refractivity (Wildman–Crippen MR) is 118 cm³/mol. The van der Waals surface area contributed by atoms with Gasteiger partial charge in [0.05, 0.1) is 19.3 Å². The normalized spacial score (nSPS) is 14.1. The van der Waals surface area contributed by atoms with Crippen LogP contribution in [0.2, 0.25) is 0 Å². The molecule has 0 saturated carbocycles. The topological polar surface area (TPSA) is 85.9 Å². The third-order valence-corrected chi connectivity index (χ3v) is 5.62. The van der Waals surface area contributed by atoms with Crippen molar-refractivity contribution in [2.45, 2.75) is 6.42 Å². The first kappa shape index (κ1) is 20.7. The molecule has 1 aliphatic heterocycles. The second-order valence-corrected chi connectivity index (χ2v) is 7.47. The molecule has 0 bridgehead atoms. The lowest BCUT2D eigenvalue weighted by atomic mass is 10.0. The minimum absolute atomic E-state index is 0.118. The lowest BCUT2D eigenvalue weighted by Gasteiger charge is -2.20. The third-order valence-electron chi connectivity index (χ3n) is 5.62. The number of benzene rings is 2. The van der Waals surface area contributed by atoms with Crippen LogP contribution in [0.5, 0.6) is 5.75 Å². The molecule has 0 aliphatic carbocycles. The lowest BCUT2D eigenvalue weighted by Crippen LogP contribution is -2.36. The van der Waals surface area contributed by atoms with Gasteiger partial charge in [-0.15, -0.1) is 0 Å². The largest absolute Gasteiger partial charge is 0.497 e. The van der Waals surface area contributed by atoms with E-state index in [1.165, 1.54) is 4.90 Å². The molecule has 0 radical (unpaired) electrons. The Morgan fingerprint density at radius 3 is 2.52 bits per heavy atom. The van der Waals surface area contributed by atoms with E-state index in [-0.39, 0.29) is 31.5 Å². The summed E-state index contributed by atoms with van der Waals surface area (Å²) in [7, 11) is 3.29. The maximum absolute atomic E-state index is 13.3. The van der Waals surface area contributed by atoms with Crippen molar-refractivity contribution in [2.24, 2.45) is 0 Å². The number of aliphatic hydroxyl groups excluding tert-OH is 1. The number of ether oxygens (including phenoxy) is 1. The van der Waals surface area contributed by atoms with Crippen molar-refractivity contribution >= 4 is 28.3 Å². The van der Waals surface area contributed by atoms with Gasteiger partial charge in [-0.3, -0.25) is 14.5 Å². The van der Waals surface area contributed by atoms with Crippen LogP contribution in [-0.2, 0) is 16.0 Å². The fourth-order valence-electron chi connectivity index (χ4n) is 3.97. The van der Waals surface area contributed by atoms with Crippen LogP contribution < -0.4 is 4.74 Å². The van der Waals surface area contributed by atoms with Crippen molar-refractivity contribution in [3.63, 3.8) is 0 Å². The molecule has 7 heteroatoms. The van der Waals surface area contributed by atoms with Gasteiger partial charge in [0.1, 0.15) is 11.4 Å². The van der Waals surface area contributed by atoms with E-state index < -0.39 is 0 Å². The number of hydrogen-bond donors (Lipinski definition) is 2. The van der Waals surface area contributed by atoms with Crippen LogP contribution >= 0.6 is 0 Å². The van der Waals surface area contributed by atoms with Gasteiger partial charge in [0.2, 0.25) is 0 Å². The number of hydrogen-bond acceptors (Lipinski definition) is 5. The number of para-hydroxylation sites is 1. The van der Waals surface area contributed by atoms with Crippen molar-refractivity contribution in [1.29, 1.82) is 0 Å². The SMILES string of the molecule is COc1ccc(C2=C(N(C)CCO)C(=O)N(CCc3c[nH]c4ccccc34)C2=O)cc1. The van der Waals surface area contributed by atoms with E-state index in [2.05, 4.69) is 4.98 Å². The fourth-order valence-corrected chi connectivity index (χ4v) is 3.97. The number of methoxy groups -OCH3 is 1. The highest BCUT2D eigenvalue weighted by Crippen LogP contribution is 2.32. The molecule has 2 N–H and O–H groups in total. The summed E-state index contributed by atoms with van der Waals surface area (Å²) in [6, 6.07) is 15.0. The van der Waals surface area contributed by atoms with Crippen molar-refractivity contribution in [3.8, 4) is 5.75 Å². The number of rotatable bonds is 8. The first-order valence-corrected chi connectivity index (χ1v) is 10.2. The molecule has 1 aromatic heterocycles. The lowest BCUT2D eigenvalue weighted by molar-refractivity contribution is -0.137. The highest BCUT2D eigenvalue weighted by molar-refractivity contribution is 6.35. The first-order valence-electron chi connectivity index (χ1n) is 10.2. The van der Waals surface area contributed by atoms with E-state index in [0.29, 0.717) is 29.0 Å². The molecule has 2 heterocycles. The molecule has 0 saturated heterocycles. The van der Waals surface area contributed by atoms with Crippen LogP contribution in [-0.4, -0.2) is 65.6 Å². The van der Waals surface area contributed by atoms with Crippen molar-refractivity contribution in [3.05, 3.63) is 71.6 Å². The van der Waals surface area contributed by atoms with E-state index >= 15 is 0 Å². The minimum Gasteiger partial charge on any atom is -0.497 e. The molecule has 2 amide bonds. The van der Waals surface area contributed by atoms with Gasteiger partial charge in [-0.25, -0.2) is 0 Å². The van der Waals surface area contributed by atoms with Gasteiger partial charge in [0, 0.05) is 37.2 Å². The van der Waals surface area contributed by atoms with Crippen molar-refractivity contribution in [2.75, 3.05) is 33.9 Å². The summed E-state index contributed by atoms with van der Waals surface area (Å²) in [5.41, 5.74) is 3.38. The average molecular weight is 419 g/mol. The summed E-state index contributed by atoms with van der Waals surface area (Å²) in [5.74, 6) is 0.00369. The van der Waals surface area contributed by atoms with E-state index in [0.717, 1.165) is 16.5 Å². The molecule has 3 aromatic rings. The summed E-state index contributed by atoms with van der Waals surface area (Å²) < 4.78 is 5.20. The second kappa shape index (κ2) is 8.65. The molecule has 0 atom stereocenters. The minimum atomic E-state index is -0.341. The molecule has 0 spiro atoms. The van der Waals surface area contributed by atoms with Crippen LogP contribution in [0.15, 0.2) is 60.4 Å². The second-order valence-electron chi connectivity index (χ2n) is 7.47. The maximum Gasteiger partial charge on any atom is 0.277 e. The Kier molecular flexibility index (Phi) is 5.77. The van der Waals surface area contributed by atoms with E-state index in [4.69, 9.17) is 4.74 Å². The molecule has 7 nitrogen and oxygen atoms in total. The standard InChI is InChI=1S/C24H25N3O4/c1-26(13-14-28)22-21(16-7-9-18(31-2)10-8-16)23(29)27(24(22)30)12-11-17-15-25-20-6-4-3-5-19(17)20/h3-10,15,25,28H,11-14H2,1-2H3. The number of aliphatic hydroxyl groups is 1. The van der Waals surface area contributed by atoms with Gasteiger partial charge >= 0.3 is 0 Å². The van der Waals surface area contributed by atoms with E-state index in [1.54, 1.807) is 43.3 Å². The highest BCUT2D eigenvalue weighted by atomic mass is 16.5. The number of amides is 2. The van der Waals surface area contributed by atoms with Crippen LogP contribution in [0.4, 0.5) is 0 Å². The average Bonchev–Trinajstić information content (AvgIpc) is 3.31. The molecule has 0 fully saturated rings. The molecular formula is C24H25N3O4. The number of carbonyl (C=O) groups excluding carboxylic acids is 2. The molecular weight excluding hydrogens is 394 g/mol. The Hall–Kier alpha value is -3.58. The monoisotopic (exact) mass is 419 g/mol. The Bertz CT molecular complexity index is 1150. The smallest absolute Gasteiger partial charge is 0.277 e. The Morgan fingerprint density at radius 1 is 1.06 bits per heavy atom. The molecule has 160 valence electrons. The number of carbonyl (C=O) groups is 2. The summed E-state index contributed by atoms with van der Waals surface area (Å²) in [5, 5.41) is 10.5. The summed E-state index contributed by atoms with van der Waals surface area (Å²) >= 11 is 0. The van der Waals surface area contributed by atoms with Crippen LogP contribution in [0.25, 0.3) is 16.5 Å². The Morgan fingerprint density at radius 2 is 1.81 bits per heavy atom. The van der Waals surface area contributed by atoms with Crippen LogP contribution in [0, 0.1) is 0 Å². The zero-order valence-electron chi connectivity index (χ0n) is 17.6. The van der Waals surface area contributed by atoms with Crippen LogP contribution in [0.3, 0.4) is 0 Å². The van der Waals surface area contributed by atoms with Crippen LogP contribution in [0.1, 0.15) is 11.1 Å². The molecule has 2 aromatic carbocycles. The number of imide groups is 1. The van der Waals surface area contributed by atoms with Crippen molar-refractivity contribution < 1.29 is 19.4 Å². The summed E-state index contributed by atoms with van der Waals surface area (Å²) in [6.45, 7) is 0.409. The molecule has 31 heavy (non-hydrogen) atoms. The van der Waals surface area contributed by atoms with Gasteiger partial charge < -0.3 is 19.7 Å². The number of H-pyrrole nitrogens is 1. The Balaban J connectivity index is 1.63. The fraction of sp³-hybridized carbons (Fsp3) is 0.250. The Labute approximate surface area is 180 Å². The van der Waals surface area contributed by atoms with Gasteiger partial charge in [-0.05, 0) is 35.7 Å². The van der Waals surface area contributed by atoms with Gasteiger partial charge in [0.25, 0.3) is 11.8 Å². The predicted octanol–water partition coefficient (Wildman–Crippen LogP) is 2.42. The zero-order valence-corrected chi connectivity index (χ0v) is 17.6.